The summed E-state index contributed by atoms with van der Waals surface area (Å²) in [5.74, 6) is 1.56. The van der Waals surface area contributed by atoms with E-state index in [1.54, 1.807) is 24.8 Å². The molecule has 0 amide bonds. The first-order chi connectivity index (χ1) is 55.9. The van der Waals surface area contributed by atoms with E-state index in [1.807, 2.05) is 147 Å². The third kappa shape index (κ3) is 28.7. The molecule has 30 heteroatoms. The van der Waals surface area contributed by atoms with Gasteiger partial charge in [0.2, 0.25) is 0 Å². The van der Waals surface area contributed by atoms with E-state index in [4.69, 9.17) is 90.6 Å². The second kappa shape index (κ2) is 47.7. The number of fused-ring (bicyclic) bond motifs is 4. The van der Waals surface area contributed by atoms with Crippen LogP contribution in [0.15, 0.2) is 170 Å². The molecule has 616 valence electrons. The van der Waals surface area contributed by atoms with Crippen LogP contribution in [0.25, 0.3) is 67.8 Å². The summed E-state index contributed by atoms with van der Waals surface area (Å²) in [5.41, 5.74) is 21.8. The fourth-order valence-electron chi connectivity index (χ4n) is 13.4. The minimum Gasteiger partial charge on any atom is -0.491 e. The Balaban J connectivity index is 0.000000193. The summed E-state index contributed by atoms with van der Waals surface area (Å²) >= 11 is 0. The van der Waals surface area contributed by atoms with Gasteiger partial charge in [-0.1, -0.05) is 48.5 Å². The number of ether oxygens (including phenoxy) is 9. The number of nitrogens with one attached hydrogen (secondary N) is 3. The molecule has 5 saturated heterocycles. The van der Waals surface area contributed by atoms with Crippen molar-refractivity contribution in [3.63, 3.8) is 0 Å². The average Bonchev–Trinajstić information content (AvgIpc) is 1.60. The van der Waals surface area contributed by atoms with Crippen molar-refractivity contribution in [1.29, 1.82) is 0 Å². The minimum atomic E-state index is -2.54. The molecule has 8 aromatic rings. The summed E-state index contributed by atoms with van der Waals surface area (Å²) < 4.78 is 86.5. The van der Waals surface area contributed by atoms with Gasteiger partial charge in [0.15, 0.2) is 0 Å². The summed E-state index contributed by atoms with van der Waals surface area (Å²) in [4.78, 5) is 29.8. The lowest BCUT2D eigenvalue weighted by Crippen LogP contribution is -2.44. The molecule has 0 radical (unpaired) electrons. The van der Waals surface area contributed by atoms with Gasteiger partial charge in [-0.3, -0.25) is 24.8 Å². The lowest BCUT2D eigenvalue weighted by molar-refractivity contribution is 0.0152. The van der Waals surface area contributed by atoms with E-state index in [1.165, 1.54) is 0 Å². The van der Waals surface area contributed by atoms with Crippen molar-refractivity contribution in [2.45, 2.75) is 101 Å². The molecule has 11 heterocycles. The van der Waals surface area contributed by atoms with Gasteiger partial charge in [-0.25, -0.2) is 9.97 Å². The maximum atomic E-state index is 10.6. The Morgan fingerprint density at radius 2 is 0.816 bits per heavy atom. The highest BCUT2D eigenvalue weighted by atomic mass is 28.4. The molecule has 8 N–H and O–H groups in total. The third-order valence-electron chi connectivity index (χ3n) is 19.1. The van der Waals surface area contributed by atoms with Crippen molar-refractivity contribution in [3.8, 4) is 79.3 Å². The van der Waals surface area contributed by atoms with Crippen LogP contribution in [0.4, 0.5) is 0 Å². The van der Waals surface area contributed by atoms with Crippen LogP contribution in [0.2, 0.25) is 12.1 Å². The Morgan fingerprint density at radius 3 is 1.20 bits per heavy atom. The fraction of sp³-hybridized carbons (Fsp3) is 0.500. The van der Waals surface area contributed by atoms with Crippen molar-refractivity contribution in [2.75, 3.05) is 171 Å². The normalized spacial score (nSPS) is 21.3. The van der Waals surface area contributed by atoms with Gasteiger partial charge in [-0.05, 0) is 160 Å². The molecular formula is C84H116N12O16Si2. The molecule has 6 unspecified atom stereocenters. The quantitative estimate of drug-likeness (QED) is 0.0118. The summed E-state index contributed by atoms with van der Waals surface area (Å²) in [6.45, 7) is 24.6. The van der Waals surface area contributed by atoms with E-state index in [0.717, 1.165) is 163 Å². The molecule has 0 saturated carbocycles. The highest BCUT2D eigenvalue weighted by Gasteiger charge is 2.62. The fourth-order valence-corrected chi connectivity index (χ4v) is 20.0. The summed E-state index contributed by atoms with van der Waals surface area (Å²) in [7, 11) is -4.87. The highest BCUT2D eigenvalue weighted by Crippen LogP contribution is 2.42. The van der Waals surface area contributed by atoms with Crippen molar-refractivity contribution < 1.29 is 74.3 Å². The van der Waals surface area contributed by atoms with Crippen LogP contribution >= 0.6 is 0 Å². The van der Waals surface area contributed by atoms with Crippen molar-refractivity contribution in [1.82, 2.24) is 50.8 Å². The summed E-state index contributed by atoms with van der Waals surface area (Å²) in [6, 6.07) is 49.1. The number of pyridine rings is 6. The van der Waals surface area contributed by atoms with Crippen molar-refractivity contribution >= 4 is 17.6 Å². The first kappa shape index (κ1) is 87.4. The van der Waals surface area contributed by atoms with Crippen LogP contribution < -0.4 is 36.9 Å². The minimum absolute atomic E-state index is 0.0482. The molecule has 0 aliphatic carbocycles. The van der Waals surface area contributed by atoms with E-state index in [9.17, 15) is 5.11 Å². The molecule has 6 aromatic heterocycles. The Morgan fingerprint density at radius 1 is 0.421 bits per heavy atom. The van der Waals surface area contributed by atoms with Crippen LogP contribution in [0, 0.1) is 0 Å². The molecule has 114 heavy (non-hydrogen) atoms. The molecule has 4 bridgehead atoms. The number of nitrogens with two attached hydrogens (primary N) is 2. The number of aromatic nitrogens is 6. The molecule has 28 nitrogen and oxygen atoms in total. The molecule has 5 aliphatic rings. The average molecular weight is 1610 g/mol. The second-order valence-corrected chi connectivity index (χ2v) is 33.4. The van der Waals surface area contributed by atoms with Crippen LogP contribution in [-0.2, 0) is 59.7 Å². The maximum Gasteiger partial charge on any atom is 0.502 e. The zero-order valence-corrected chi connectivity index (χ0v) is 68.4. The van der Waals surface area contributed by atoms with Crippen LogP contribution in [0.1, 0.15) is 40.5 Å². The van der Waals surface area contributed by atoms with E-state index >= 15 is 0 Å². The van der Waals surface area contributed by atoms with Gasteiger partial charge in [0.05, 0.1) is 161 Å². The number of hydrogen-bond donors (Lipinski definition) is 6. The number of nitrogens with zero attached hydrogens (tertiary/aromatic N) is 7. The zero-order chi connectivity index (χ0) is 79.3. The standard InChI is InChI=1S/C42H58N6O8Si.C31H38N6O3.C11H20O5Si/c1-32-42-33(2)55-57(54-32,56-42)27-7-21-52-31-36(49)30-48(19-14-43)20-17-44-18-22-50-23-24-51-25-26-53-37-12-10-34(11-13-37)35-28-40(38-8-3-5-15-45-38)47-41(29-35)39-9-4-6-16-46-39;32-11-14-33-15-16-34-17-18-38-19-20-39-21-22-40-27-9-7-25(8-10-27)26-23-30(28-5-1-3-12-35-28)37-31(24-26)29-6-2-4-13-36-29;1-8-11-9(2)15-17(14-8,16-11)5-3-4-12-6-10-7-13-10/h3-6,8-13,15-16,28-29,32-33,36,42,44,49H,7,14,17-27,30-31,43H2,1-2H3;1-10,12-13,23-24,33-34H,11,14-22,32H2;8-11H,3-7H2,1-2H3. The number of benzene rings is 2. The van der Waals surface area contributed by atoms with Crippen LogP contribution in [0.3, 0.4) is 0 Å². The topological polar surface area (TPSA) is 331 Å². The molecule has 5 fully saturated rings. The second-order valence-electron chi connectivity index (χ2n) is 28.2. The largest absolute Gasteiger partial charge is 0.502 e. The Bertz CT molecular complexity index is 3850. The van der Waals surface area contributed by atoms with Gasteiger partial charge in [0, 0.05) is 122 Å². The molecule has 13 rings (SSSR count). The summed E-state index contributed by atoms with van der Waals surface area (Å²) in [6.07, 6.45) is 9.30. The van der Waals surface area contributed by atoms with Crippen molar-refractivity contribution in [2.24, 2.45) is 11.5 Å². The number of rotatable bonds is 50. The lowest BCUT2D eigenvalue weighted by atomic mass is 10.0. The number of aliphatic hydroxyl groups excluding tert-OH is 1. The van der Waals surface area contributed by atoms with Crippen molar-refractivity contribution in [3.05, 3.63) is 170 Å². The predicted octanol–water partition coefficient (Wildman–Crippen LogP) is 8.44. The van der Waals surface area contributed by atoms with Gasteiger partial charge < -0.3 is 102 Å². The molecule has 6 atom stereocenters. The van der Waals surface area contributed by atoms with Crippen LogP contribution in [-0.4, -0.2) is 277 Å². The monoisotopic (exact) mass is 1600 g/mol. The van der Waals surface area contributed by atoms with E-state index < -0.39 is 23.7 Å². The molecular weight excluding hydrogens is 1490 g/mol. The SMILES string of the molecule is CC1O[Si]2(CCCOCC(O)CN(CCN)CCNCCOCCOCCOc3ccc(-c4cc(-c5ccccn5)nc(-c5ccccn5)c4)cc3)OC(C)C1O2.CC1O[Si]2(CCCOCC3CO3)OC(C)C1O2.NCCNCCNCCOCCOCCOc1ccc(-c2cc(-c3ccccn3)nc(-c3ccccn3)c2)cc1. The number of epoxide rings is 1. The maximum absolute atomic E-state index is 10.6. The van der Waals surface area contributed by atoms with Gasteiger partial charge in [0.1, 0.15) is 30.8 Å². The van der Waals surface area contributed by atoms with Gasteiger partial charge in [0.25, 0.3) is 0 Å². The first-order valence-electron chi connectivity index (χ1n) is 40.2. The summed E-state index contributed by atoms with van der Waals surface area (Å²) in [5, 5.41) is 20.5. The Kier molecular flexibility index (Phi) is 36.6. The predicted molar refractivity (Wildman–Crippen MR) is 439 cm³/mol. The Labute approximate surface area is 673 Å². The Hall–Kier alpha value is -7.43. The number of aliphatic hydroxyl groups is 1. The third-order valence-corrected chi connectivity index (χ3v) is 25.3. The highest BCUT2D eigenvalue weighted by molar-refractivity contribution is 6.62. The zero-order valence-electron chi connectivity index (χ0n) is 66.4. The van der Waals surface area contributed by atoms with Gasteiger partial charge in [-0.2, -0.15) is 0 Å². The van der Waals surface area contributed by atoms with Crippen LogP contribution in [0.5, 0.6) is 11.5 Å². The molecule has 0 spiro atoms. The molecule has 5 aliphatic heterocycles. The van der Waals surface area contributed by atoms with Gasteiger partial charge >= 0.3 is 17.6 Å². The van der Waals surface area contributed by atoms with E-state index in [2.05, 4.69) is 66.8 Å². The molecule has 2 aromatic carbocycles. The van der Waals surface area contributed by atoms with E-state index in [0.29, 0.717) is 112 Å². The van der Waals surface area contributed by atoms with E-state index in [-0.39, 0.29) is 43.2 Å². The lowest BCUT2D eigenvalue weighted by Gasteiger charge is -2.27. The number of hydrogen-bond acceptors (Lipinski definition) is 28. The van der Waals surface area contributed by atoms with Gasteiger partial charge in [-0.15, -0.1) is 0 Å². The smallest absolute Gasteiger partial charge is 0.491 e. The first-order valence-corrected chi connectivity index (χ1v) is 44.0.